The van der Waals surface area contributed by atoms with Gasteiger partial charge in [0, 0.05) is 20.1 Å². The summed E-state index contributed by atoms with van der Waals surface area (Å²) in [7, 11) is 1.85. The molecule has 3 rings (SSSR count). The van der Waals surface area contributed by atoms with E-state index >= 15 is 0 Å². The maximum Gasteiger partial charge on any atom is 0.225 e. The Bertz CT molecular complexity index is 575. The second-order valence-corrected chi connectivity index (χ2v) is 5.82. The number of aromatic nitrogens is 2. The van der Waals surface area contributed by atoms with Crippen LogP contribution in [0.2, 0.25) is 0 Å². The van der Waals surface area contributed by atoms with E-state index in [1.807, 2.05) is 7.05 Å². The van der Waals surface area contributed by atoms with Crippen molar-refractivity contribution in [2.75, 3.05) is 30.4 Å². The summed E-state index contributed by atoms with van der Waals surface area (Å²) in [5.41, 5.74) is 0. The van der Waals surface area contributed by atoms with Gasteiger partial charge < -0.3 is 15.0 Å². The first-order valence-corrected chi connectivity index (χ1v) is 7.38. The van der Waals surface area contributed by atoms with Gasteiger partial charge in [-0.15, -0.1) is 11.3 Å². The molecule has 2 aromatic rings. The van der Waals surface area contributed by atoms with Crippen LogP contribution in [-0.2, 0) is 4.74 Å². The molecule has 2 atom stereocenters. The molecule has 2 aromatic heterocycles. The van der Waals surface area contributed by atoms with Crippen LogP contribution in [0.5, 0.6) is 0 Å². The number of hydrogen-bond acceptors (Lipinski definition) is 6. The summed E-state index contributed by atoms with van der Waals surface area (Å²) in [6, 6.07) is 2.10. The van der Waals surface area contributed by atoms with Gasteiger partial charge in [0.15, 0.2) is 0 Å². The molecule has 5 nitrogen and oxygen atoms in total. The molecule has 0 spiro atoms. The maximum absolute atomic E-state index is 5.79. The smallest absolute Gasteiger partial charge is 0.225 e. The van der Waals surface area contributed by atoms with Crippen LogP contribution in [0, 0.1) is 0 Å². The lowest BCUT2D eigenvalue weighted by Crippen LogP contribution is -2.46. The van der Waals surface area contributed by atoms with Gasteiger partial charge in [-0.25, -0.2) is 4.98 Å². The molecule has 102 valence electrons. The van der Waals surface area contributed by atoms with Crippen molar-refractivity contribution >= 4 is 33.3 Å². The number of hydrogen-bond donors (Lipinski definition) is 1. The van der Waals surface area contributed by atoms with Crippen LogP contribution in [0.4, 0.5) is 11.8 Å². The fourth-order valence-corrected chi connectivity index (χ4v) is 3.30. The van der Waals surface area contributed by atoms with E-state index in [9.17, 15) is 0 Å². The summed E-state index contributed by atoms with van der Waals surface area (Å²) >= 11 is 1.65. The van der Waals surface area contributed by atoms with Gasteiger partial charge in [-0.2, -0.15) is 4.98 Å². The molecular formula is C13H18N4OS. The topological polar surface area (TPSA) is 50.3 Å². The fourth-order valence-electron chi connectivity index (χ4n) is 2.54. The minimum absolute atomic E-state index is 0.227. The van der Waals surface area contributed by atoms with E-state index in [0.29, 0.717) is 5.95 Å². The summed E-state index contributed by atoms with van der Waals surface area (Å²) in [6.07, 6.45) is 0.455. The van der Waals surface area contributed by atoms with Crippen molar-refractivity contribution in [3.8, 4) is 0 Å². The normalized spacial score (nSPS) is 23.8. The summed E-state index contributed by atoms with van der Waals surface area (Å²) in [6.45, 7) is 5.95. The Balaban J connectivity index is 2.05. The molecule has 2 unspecified atom stereocenters. The van der Waals surface area contributed by atoms with Crippen LogP contribution in [0.3, 0.4) is 0 Å². The van der Waals surface area contributed by atoms with Crippen LogP contribution in [0.15, 0.2) is 11.4 Å². The van der Waals surface area contributed by atoms with E-state index in [4.69, 9.17) is 4.74 Å². The average Bonchev–Trinajstić information content (AvgIpc) is 2.84. The van der Waals surface area contributed by atoms with Gasteiger partial charge >= 0.3 is 0 Å². The van der Waals surface area contributed by atoms with Crippen LogP contribution in [0.1, 0.15) is 13.8 Å². The lowest BCUT2D eigenvalue weighted by molar-refractivity contribution is -0.00536. The van der Waals surface area contributed by atoms with Crippen molar-refractivity contribution in [1.82, 2.24) is 9.97 Å². The average molecular weight is 278 g/mol. The molecule has 0 radical (unpaired) electrons. The Morgan fingerprint density at radius 3 is 2.74 bits per heavy atom. The molecule has 0 aromatic carbocycles. The van der Waals surface area contributed by atoms with Crippen molar-refractivity contribution in [3.63, 3.8) is 0 Å². The quantitative estimate of drug-likeness (QED) is 0.914. The Morgan fingerprint density at radius 1 is 1.32 bits per heavy atom. The highest BCUT2D eigenvalue weighted by Crippen LogP contribution is 2.30. The molecular weight excluding hydrogens is 260 g/mol. The predicted molar refractivity (Wildman–Crippen MR) is 79.2 cm³/mol. The van der Waals surface area contributed by atoms with Crippen molar-refractivity contribution in [1.29, 1.82) is 0 Å². The van der Waals surface area contributed by atoms with Crippen LogP contribution < -0.4 is 10.2 Å². The molecule has 0 amide bonds. The van der Waals surface area contributed by atoms with E-state index in [1.165, 1.54) is 0 Å². The van der Waals surface area contributed by atoms with Gasteiger partial charge in [-0.05, 0) is 25.3 Å². The summed E-state index contributed by atoms with van der Waals surface area (Å²) in [4.78, 5) is 12.5. The zero-order valence-corrected chi connectivity index (χ0v) is 12.2. The van der Waals surface area contributed by atoms with Gasteiger partial charge in [0.05, 0.1) is 17.6 Å². The minimum Gasteiger partial charge on any atom is -0.372 e. The molecule has 19 heavy (non-hydrogen) atoms. The molecule has 3 heterocycles. The number of nitrogens with one attached hydrogen (secondary N) is 1. The zero-order valence-electron chi connectivity index (χ0n) is 11.4. The van der Waals surface area contributed by atoms with E-state index in [0.717, 1.165) is 29.1 Å². The molecule has 0 aliphatic carbocycles. The van der Waals surface area contributed by atoms with E-state index in [2.05, 4.69) is 45.5 Å². The molecule has 1 aliphatic rings. The van der Waals surface area contributed by atoms with Crippen LogP contribution in [-0.4, -0.2) is 42.3 Å². The van der Waals surface area contributed by atoms with Crippen LogP contribution in [0.25, 0.3) is 10.2 Å². The lowest BCUT2D eigenvalue weighted by atomic mass is 10.2. The standard InChI is InChI=1S/C13H18N4OS/c1-8-6-17(7-9(2)18-8)11-10-4-5-19-12(10)16-13(14-3)15-11/h4-5,8-9H,6-7H2,1-3H3,(H,14,15,16). The zero-order chi connectivity index (χ0) is 13.4. The number of nitrogens with zero attached hydrogens (tertiary/aromatic N) is 3. The summed E-state index contributed by atoms with van der Waals surface area (Å²) in [5, 5.41) is 6.23. The largest absolute Gasteiger partial charge is 0.372 e. The van der Waals surface area contributed by atoms with Crippen molar-refractivity contribution < 1.29 is 4.74 Å². The number of thiophene rings is 1. The van der Waals surface area contributed by atoms with E-state index in [-0.39, 0.29) is 12.2 Å². The first kappa shape index (κ1) is 12.6. The van der Waals surface area contributed by atoms with Gasteiger partial charge in [0.1, 0.15) is 10.6 Å². The number of rotatable bonds is 2. The highest BCUT2D eigenvalue weighted by molar-refractivity contribution is 7.16. The molecule has 0 saturated carbocycles. The number of morpholine rings is 1. The fraction of sp³-hybridized carbons (Fsp3) is 0.538. The van der Waals surface area contributed by atoms with Gasteiger partial charge in [-0.1, -0.05) is 0 Å². The Kier molecular flexibility index (Phi) is 3.28. The Morgan fingerprint density at radius 2 is 2.05 bits per heavy atom. The highest BCUT2D eigenvalue weighted by atomic mass is 32.1. The summed E-state index contributed by atoms with van der Waals surface area (Å²) < 4.78 is 5.79. The van der Waals surface area contributed by atoms with Crippen LogP contribution >= 0.6 is 11.3 Å². The second-order valence-electron chi connectivity index (χ2n) is 4.92. The molecule has 6 heteroatoms. The molecule has 0 bridgehead atoms. The SMILES string of the molecule is CNc1nc(N2CC(C)OC(C)C2)c2ccsc2n1. The Labute approximate surface area is 116 Å². The molecule has 1 fully saturated rings. The highest BCUT2D eigenvalue weighted by Gasteiger charge is 2.25. The van der Waals surface area contributed by atoms with E-state index < -0.39 is 0 Å². The number of ether oxygens (including phenoxy) is 1. The molecule has 1 N–H and O–H groups in total. The predicted octanol–water partition coefficient (Wildman–Crippen LogP) is 2.35. The van der Waals surface area contributed by atoms with Crippen molar-refractivity contribution in [2.45, 2.75) is 26.1 Å². The monoisotopic (exact) mass is 278 g/mol. The molecule has 1 saturated heterocycles. The third-order valence-electron chi connectivity index (χ3n) is 3.25. The second kappa shape index (κ2) is 4.94. The van der Waals surface area contributed by atoms with Gasteiger partial charge in [0.2, 0.25) is 5.95 Å². The minimum atomic E-state index is 0.227. The lowest BCUT2D eigenvalue weighted by Gasteiger charge is -2.36. The maximum atomic E-state index is 5.79. The first-order valence-electron chi connectivity index (χ1n) is 6.50. The summed E-state index contributed by atoms with van der Waals surface area (Å²) in [5.74, 6) is 1.69. The van der Waals surface area contributed by atoms with Crippen molar-refractivity contribution in [3.05, 3.63) is 11.4 Å². The first-order chi connectivity index (χ1) is 9.17. The number of fused-ring (bicyclic) bond motifs is 1. The molecule has 1 aliphatic heterocycles. The Hall–Kier alpha value is -1.40. The third kappa shape index (κ3) is 2.37. The van der Waals surface area contributed by atoms with Crippen molar-refractivity contribution in [2.24, 2.45) is 0 Å². The van der Waals surface area contributed by atoms with Gasteiger partial charge in [-0.3, -0.25) is 0 Å². The third-order valence-corrected chi connectivity index (χ3v) is 4.05. The van der Waals surface area contributed by atoms with Gasteiger partial charge in [0.25, 0.3) is 0 Å². The number of anilines is 2. The van der Waals surface area contributed by atoms with E-state index in [1.54, 1.807) is 11.3 Å².